The Bertz CT molecular complexity index is 473. The lowest BCUT2D eigenvalue weighted by Crippen LogP contribution is -2.09. The summed E-state index contributed by atoms with van der Waals surface area (Å²) in [5, 5.41) is 0. The predicted molar refractivity (Wildman–Crippen MR) is 81.0 cm³/mol. The van der Waals surface area contributed by atoms with Gasteiger partial charge >= 0.3 is 0 Å². The molecule has 1 aromatic rings. The molecule has 0 aliphatic carbocycles. The Balaban J connectivity index is 2.30. The molecule has 3 nitrogen and oxygen atoms in total. The van der Waals surface area contributed by atoms with Crippen molar-refractivity contribution in [1.29, 1.82) is 0 Å². The minimum Gasteiger partial charge on any atom is -0.355 e. The number of allylic oxidation sites excluding steroid dienone is 1. The minimum absolute atomic E-state index is 0.127. The van der Waals surface area contributed by atoms with Crippen molar-refractivity contribution in [2.45, 2.75) is 58.8 Å². The number of aliphatic imine (C=N–C) groups is 1. The zero-order valence-corrected chi connectivity index (χ0v) is 12.2. The molecule has 2 unspecified atom stereocenters. The lowest BCUT2D eigenvalue weighted by Gasteiger charge is -2.16. The molecule has 1 fully saturated rings. The van der Waals surface area contributed by atoms with Crippen LogP contribution in [-0.4, -0.2) is 16.9 Å². The Kier molecular flexibility index (Phi) is 4.59. The minimum atomic E-state index is 0.127. The third-order valence-corrected chi connectivity index (χ3v) is 3.80. The van der Waals surface area contributed by atoms with Crippen LogP contribution >= 0.6 is 0 Å². The number of hydrogen-bond donors (Lipinski definition) is 0. The van der Waals surface area contributed by atoms with E-state index in [-0.39, 0.29) is 6.23 Å². The van der Waals surface area contributed by atoms with Gasteiger partial charge in [0.05, 0.1) is 6.10 Å². The molecular weight excluding hydrogens is 236 g/mol. The number of hydrogen-bond acceptors (Lipinski definition) is 2. The molecule has 1 aromatic heterocycles. The molecule has 2 rings (SSSR count). The summed E-state index contributed by atoms with van der Waals surface area (Å²) in [7, 11) is 0. The lowest BCUT2D eigenvalue weighted by atomic mass is 10.1. The zero-order valence-electron chi connectivity index (χ0n) is 12.2. The molecule has 0 aromatic carbocycles. The summed E-state index contributed by atoms with van der Waals surface area (Å²) < 4.78 is 8.23. The Morgan fingerprint density at radius 3 is 2.89 bits per heavy atom. The number of nitrogens with zero attached hydrogens (tertiary/aromatic N) is 2. The van der Waals surface area contributed by atoms with E-state index >= 15 is 0 Å². The fourth-order valence-electron chi connectivity index (χ4n) is 2.59. The van der Waals surface area contributed by atoms with Gasteiger partial charge in [0, 0.05) is 18.0 Å². The van der Waals surface area contributed by atoms with Crippen LogP contribution < -0.4 is 0 Å². The van der Waals surface area contributed by atoms with Gasteiger partial charge in [-0.05, 0) is 44.2 Å². The first-order chi connectivity index (χ1) is 9.21. The van der Waals surface area contributed by atoms with E-state index in [0.717, 1.165) is 42.6 Å². The van der Waals surface area contributed by atoms with Gasteiger partial charge in [-0.1, -0.05) is 20.4 Å². The Hall–Kier alpha value is -1.35. The van der Waals surface area contributed by atoms with Crippen LogP contribution in [0.15, 0.2) is 23.8 Å². The molecule has 3 heteroatoms. The van der Waals surface area contributed by atoms with Crippen molar-refractivity contribution in [3.05, 3.63) is 24.4 Å². The first-order valence-corrected chi connectivity index (χ1v) is 7.24. The van der Waals surface area contributed by atoms with E-state index in [1.165, 1.54) is 0 Å². The van der Waals surface area contributed by atoms with Crippen LogP contribution in [-0.2, 0) is 4.74 Å². The summed E-state index contributed by atoms with van der Waals surface area (Å²) in [5.74, 6) is 0.983. The van der Waals surface area contributed by atoms with Gasteiger partial charge in [0.2, 0.25) is 0 Å². The van der Waals surface area contributed by atoms with Crippen molar-refractivity contribution >= 4 is 17.6 Å². The quantitative estimate of drug-likeness (QED) is 0.703. The molecule has 0 saturated carbocycles. The highest BCUT2D eigenvalue weighted by molar-refractivity contribution is 5.74. The zero-order chi connectivity index (χ0) is 13.8. The molecule has 1 aliphatic heterocycles. The fraction of sp³-hybridized carbons (Fsp3) is 0.562. The van der Waals surface area contributed by atoms with Crippen LogP contribution in [0.4, 0.5) is 5.82 Å². The van der Waals surface area contributed by atoms with E-state index in [1.54, 1.807) is 0 Å². The van der Waals surface area contributed by atoms with Crippen molar-refractivity contribution in [2.24, 2.45) is 4.99 Å². The highest BCUT2D eigenvalue weighted by atomic mass is 16.5. The monoisotopic (exact) mass is 260 g/mol. The normalized spacial score (nSPS) is 23.3. The summed E-state index contributed by atoms with van der Waals surface area (Å²) in [5.41, 5.74) is 2.27. The van der Waals surface area contributed by atoms with E-state index < -0.39 is 0 Å². The third kappa shape index (κ3) is 2.81. The maximum Gasteiger partial charge on any atom is 0.141 e. The molecule has 104 valence electrons. The molecule has 1 aliphatic rings. The maximum absolute atomic E-state index is 6.07. The lowest BCUT2D eigenvalue weighted by molar-refractivity contribution is 0.00209. The second kappa shape index (κ2) is 6.20. The van der Waals surface area contributed by atoms with Gasteiger partial charge in [-0.25, -0.2) is 4.99 Å². The smallest absolute Gasteiger partial charge is 0.141 e. The van der Waals surface area contributed by atoms with Crippen LogP contribution in [0.25, 0.3) is 5.57 Å². The average Bonchev–Trinajstić information content (AvgIpc) is 3.04. The highest BCUT2D eigenvalue weighted by Crippen LogP contribution is 2.37. The second-order valence-electron chi connectivity index (χ2n) is 5.00. The van der Waals surface area contributed by atoms with Gasteiger partial charge in [0.15, 0.2) is 0 Å². The summed E-state index contributed by atoms with van der Waals surface area (Å²) in [6, 6.07) is 2.11. The number of rotatable bonds is 5. The van der Waals surface area contributed by atoms with Gasteiger partial charge in [-0.2, -0.15) is 0 Å². The van der Waals surface area contributed by atoms with Gasteiger partial charge in [0.1, 0.15) is 12.0 Å². The topological polar surface area (TPSA) is 26.5 Å². The van der Waals surface area contributed by atoms with Crippen molar-refractivity contribution in [2.75, 3.05) is 0 Å². The Labute approximate surface area is 116 Å². The molecule has 2 atom stereocenters. The summed E-state index contributed by atoms with van der Waals surface area (Å²) in [6.45, 7) is 10.4. The maximum atomic E-state index is 6.07. The van der Waals surface area contributed by atoms with Gasteiger partial charge in [-0.15, -0.1) is 0 Å². The molecular formula is C16H24N2O. The van der Waals surface area contributed by atoms with Crippen LogP contribution in [0.5, 0.6) is 0 Å². The molecule has 0 bridgehead atoms. The van der Waals surface area contributed by atoms with Crippen molar-refractivity contribution in [1.82, 2.24) is 4.57 Å². The van der Waals surface area contributed by atoms with E-state index in [0.29, 0.717) is 6.10 Å². The molecule has 0 N–H and O–H groups in total. The Morgan fingerprint density at radius 1 is 1.53 bits per heavy atom. The first-order valence-electron chi connectivity index (χ1n) is 7.24. The second-order valence-corrected chi connectivity index (χ2v) is 5.00. The average molecular weight is 260 g/mol. The summed E-state index contributed by atoms with van der Waals surface area (Å²) in [4.78, 5) is 4.53. The fourth-order valence-corrected chi connectivity index (χ4v) is 2.59. The molecule has 0 radical (unpaired) electrons. The molecule has 2 heterocycles. The predicted octanol–water partition coefficient (Wildman–Crippen LogP) is 4.72. The number of aromatic nitrogens is 1. The van der Waals surface area contributed by atoms with E-state index in [1.807, 2.05) is 13.1 Å². The molecule has 1 saturated heterocycles. The third-order valence-electron chi connectivity index (χ3n) is 3.80. The van der Waals surface area contributed by atoms with E-state index in [9.17, 15) is 0 Å². The van der Waals surface area contributed by atoms with Crippen LogP contribution in [0, 0.1) is 0 Å². The van der Waals surface area contributed by atoms with E-state index in [2.05, 4.69) is 42.2 Å². The van der Waals surface area contributed by atoms with Crippen molar-refractivity contribution in [3.63, 3.8) is 0 Å². The van der Waals surface area contributed by atoms with Gasteiger partial charge < -0.3 is 9.30 Å². The van der Waals surface area contributed by atoms with E-state index in [4.69, 9.17) is 4.74 Å². The van der Waals surface area contributed by atoms with Crippen LogP contribution in [0.1, 0.15) is 58.2 Å². The highest BCUT2D eigenvalue weighted by Gasteiger charge is 2.27. The Morgan fingerprint density at radius 2 is 2.32 bits per heavy atom. The first kappa shape index (κ1) is 14.1. The van der Waals surface area contributed by atoms with Crippen LogP contribution in [0.3, 0.4) is 0 Å². The van der Waals surface area contributed by atoms with Crippen LogP contribution in [0.2, 0.25) is 0 Å². The SMILES string of the molecule is C=C(CC)c1ccn(C2CCC(CC)O2)c1/N=C\C. The summed E-state index contributed by atoms with van der Waals surface area (Å²) >= 11 is 0. The van der Waals surface area contributed by atoms with Gasteiger partial charge in [0.25, 0.3) is 0 Å². The van der Waals surface area contributed by atoms with Crippen molar-refractivity contribution in [3.8, 4) is 0 Å². The standard InChI is InChI=1S/C16H24N2O/c1-5-12(4)14-10-11-18(16(14)17-7-3)15-9-8-13(6-2)19-15/h7,10-11,13,15H,4-6,8-9H2,1-3H3/b17-7-. The van der Waals surface area contributed by atoms with Crippen molar-refractivity contribution < 1.29 is 4.74 Å². The molecule has 0 amide bonds. The number of ether oxygens (including phenoxy) is 1. The molecule has 19 heavy (non-hydrogen) atoms. The van der Waals surface area contributed by atoms with Gasteiger partial charge in [-0.3, -0.25) is 0 Å². The largest absolute Gasteiger partial charge is 0.355 e. The summed E-state index contributed by atoms with van der Waals surface area (Å²) in [6.07, 6.45) is 8.67. The molecule has 0 spiro atoms.